The zero-order chi connectivity index (χ0) is 18.0. The van der Waals surface area contributed by atoms with Crippen molar-refractivity contribution in [3.05, 3.63) is 44.8 Å². The van der Waals surface area contributed by atoms with Crippen LogP contribution in [0.4, 0.5) is 9.52 Å². The summed E-state index contributed by atoms with van der Waals surface area (Å²) in [5, 5.41) is 0.536. The molecule has 0 aliphatic rings. The van der Waals surface area contributed by atoms with Crippen molar-refractivity contribution in [2.75, 3.05) is 32.1 Å². The number of halogens is 3. The molecule has 0 saturated carbocycles. The Morgan fingerprint density at radius 1 is 1.19 bits per heavy atom. The van der Waals surface area contributed by atoms with Gasteiger partial charge in [0.15, 0.2) is 5.13 Å². The summed E-state index contributed by atoms with van der Waals surface area (Å²) in [5.41, 5.74) is 0.320. The van der Waals surface area contributed by atoms with Crippen LogP contribution in [0.1, 0.15) is 16.1 Å². The number of thiophene rings is 1. The Kier molecular flexibility index (Phi) is 7.54. The number of carbonyl (C=O) groups excluding carboxylic acids is 1. The minimum absolute atomic E-state index is 0. The lowest BCUT2D eigenvalue weighted by atomic mass is 10.3. The van der Waals surface area contributed by atoms with E-state index >= 15 is 0 Å². The van der Waals surface area contributed by atoms with Gasteiger partial charge in [0.2, 0.25) is 0 Å². The molecule has 2 aromatic heterocycles. The largest absolute Gasteiger partial charge is 0.309 e. The van der Waals surface area contributed by atoms with Crippen LogP contribution in [0.15, 0.2) is 34.1 Å². The van der Waals surface area contributed by atoms with Crippen molar-refractivity contribution in [2.24, 2.45) is 0 Å². The van der Waals surface area contributed by atoms with Gasteiger partial charge in [0.1, 0.15) is 11.3 Å². The van der Waals surface area contributed by atoms with Gasteiger partial charge in [-0.1, -0.05) is 17.4 Å². The first-order valence-electron chi connectivity index (χ1n) is 7.72. The van der Waals surface area contributed by atoms with E-state index in [2.05, 4.69) is 25.8 Å². The summed E-state index contributed by atoms with van der Waals surface area (Å²) in [6.45, 7) is 1.39. The van der Waals surface area contributed by atoms with E-state index in [4.69, 9.17) is 0 Å². The number of rotatable bonds is 6. The molecule has 1 amide bonds. The lowest BCUT2D eigenvalue weighted by molar-refractivity contribution is 0.0990. The van der Waals surface area contributed by atoms with Gasteiger partial charge < -0.3 is 4.90 Å². The van der Waals surface area contributed by atoms with E-state index in [0.29, 0.717) is 22.1 Å². The first-order chi connectivity index (χ1) is 12.0. The van der Waals surface area contributed by atoms with Gasteiger partial charge in [0.25, 0.3) is 5.91 Å². The molecule has 0 aliphatic heterocycles. The van der Waals surface area contributed by atoms with Crippen molar-refractivity contribution in [3.63, 3.8) is 0 Å². The van der Waals surface area contributed by atoms with Crippen LogP contribution in [0.3, 0.4) is 0 Å². The maximum absolute atomic E-state index is 14.0. The molecule has 9 heteroatoms. The maximum Gasteiger partial charge on any atom is 0.270 e. The summed E-state index contributed by atoms with van der Waals surface area (Å²) in [6.07, 6.45) is 0.809. The summed E-state index contributed by atoms with van der Waals surface area (Å²) >= 11 is 6.12. The van der Waals surface area contributed by atoms with Crippen LogP contribution in [0, 0.1) is 5.82 Å². The monoisotopic (exact) mass is 477 g/mol. The van der Waals surface area contributed by atoms with Crippen molar-refractivity contribution >= 4 is 72.3 Å². The Balaban J connectivity index is 0.00000243. The molecule has 0 saturated heterocycles. The fourth-order valence-electron chi connectivity index (χ4n) is 2.41. The van der Waals surface area contributed by atoms with Crippen LogP contribution in [0.25, 0.3) is 10.2 Å². The van der Waals surface area contributed by atoms with Gasteiger partial charge in [-0.2, -0.15) is 0 Å². The molecule has 140 valence electrons. The first-order valence-corrected chi connectivity index (χ1v) is 10.2. The standard InChI is InChI=1S/C17H17BrFN3OS2.ClH/c1-21(2)9-4-10-22(16(23)13-7-8-14(18)24-13)17-20-15-11(19)5-3-6-12(15)25-17;/h3,5-8H,4,9-10H2,1-2H3;1H. The van der Waals surface area contributed by atoms with Gasteiger partial charge in [-0.25, -0.2) is 9.37 Å². The SMILES string of the molecule is CN(C)CCCN(C(=O)c1ccc(Br)s1)c1nc2c(F)cccc2s1.Cl. The molecule has 0 unspecified atom stereocenters. The lowest BCUT2D eigenvalue weighted by Gasteiger charge is -2.20. The molecule has 0 aliphatic carbocycles. The highest BCUT2D eigenvalue weighted by Crippen LogP contribution is 2.32. The van der Waals surface area contributed by atoms with Gasteiger partial charge in [-0.3, -0.25) is 9.69 Å². The molecule has 26 heavy (non-hydrogen) atoms. The van der Waals surface area contributed by atoms with Gasteiger partial charge >= 0.3 is 0 Å². The third kappa shape index (κ3) is 4.80. The van der Waals surface area contributed by atoms with Gasteiger partial charge in [-0.05, 0) is 67.3 Å². The fraction of sp³-hybridized carbons (Fsp3) is 0.294. The zero-order valence-corrected chi connectivity index (χ0v) is 18.3. The Labute approximate surface area is 174 Å². The predicted molar refractivity (Wildman–Crippen MR) is 114 cm³/mol. The summed E-state index contributed by atoms with van der Waals surface area (Å²) in [5.74, 6) is -0.464. The minimum Gasteiger partial charge on any atom is -0.309 e. The third-order valence-corrected chi connectivity index (χ3v) is 6.26. The number of carbonyl (C=O) groups is 1. The number of aromatic nitrogens is 1. The molecule has 3 aromatic rings. The van der Waals surface area contributed by atoms with Crippen LogP contribution in [0.5, 0.6) is 0 Å². The van der Waals surface area contributed by atoms with Crippen molar-refractivity contribution in [1.29, 1.82) is 0 Å². The zero-order valence-electron chi connectivity index (χ0n) is 14.2. The Bertz CT molecular complexity index is 899. The van der Waals surface area contributed by atoms with Crippen molar-refractivity contribution in [3.8, 4) is 0 Å². The molecule has 0 radical (unpaired) electrons. The van der Waals surface area contributed by atoms with E-state index in [1.807, 2.05) is 26.2 Å². The average Bonchev–Trinajstić information content (AvgIpc) is 3.18. The quantitative estimate of drug-likeness (QED) is 0.484. The van der Waals surface area contributed by atoms with Crippen molar-refractivity contribution in [1.82, 2.24) is 9.88 Å². The number of fused-ring (bicyclic) bond motifs is 1. The molecule has 0 bridgehead atoms. The van der Waals surface area contributed by atoms with E-state index < -0.39 is 0 Å². The van der Waals surface area contributed by atoms with Crippen LogP contribution in [-0.2, 0) is 0 Å². The topological polar surface area (TPSA) is 36.4 Å². The second kappa shape index (κ2) is 9.23. The van der Waals surface area contributed by atoms with E-state index in [9.17, 15) is 9.18 Å². The number of hydrogen-bond acceptors (Lipinski definition) is 5. The number of thiazole rings is 1. The van der Waals surface area contributed by atoms with E-state index in [-0.39, 0.29) is 24.1 Å². The average molecular weight is 479 g/mol. The second-order valence-electron chi connectivity index (χ2n) is 5.80. The van der Waals surface area contributed by atoms with Crippen LogP contribution >= 0.6 is 51.0 Å². The first kappa shape index (κ1) is 21.2. The highest BCUT2D eigenvalue weighted by molar-refractivity contribution is 9.11. The van der Waals surface area contributed by atoms with E-state index in [1.165, 1.54) is 28.7 Å². The fourth-order valence-corrected chi connectivity index (χ4v) is 4.75. The number of benzene rings is 1. The Morgan fingerprint density at radius 3 is 2.58 bits per heavy atom. The van der Waals surface area contributed by atoms with E-state index in [1.54, 1.807) is 17.0 Å². The molecule has 4 nitrogen and oxygen atoms in total. The lowest BCUT2D eigenvalue weighted by Crippen LogP contribution is -2.32. The van der Waals surface area contributed by atoms with Crippen molar-refractivity contribution in [2.45, 2.75) is 6.42 Å². The molecule has 2 heterocycles. The van der Waals surface area contributed by atoms with Crippen LogP contribution in [0.2, 0.25) is 0 Å². The number of amides is 1. The van der Waals surface area contributed by atoms with Gasteiger partial charge in [-0.15, -0.1) is 23.7 Å². The van der Waals surface area contributed by atoms with Crippen molar-refractivity contribution < 1.29 is 9.18 Å². The Morgan fingerprint density at radius 2 is 1.96 bits per heavy atom. The maximum atomic E-state index is 14.0. The molecule has 3 rings (SSSR count). The number of para-hydroxylation sites is 1. The smallest absolute Gasteiger partial charge is 0.270 e. The van der Waals surface area contributed by atoms with Crippen LogP contribution in [-0.4, -0.2) is 43.0 Å². The normalized spacial score (nSPS) is 11.0. The summed E-state index contributed by atoms with van der Waals surface area (Å²) in [6, 6.07) is 8.52. The molecule has 0 N–H and O–H groups in total. The Hall–Kier alpha value is -1.06. The minimum atomic E-state index is -0.362. The molecule has 0 spiro atoms. The van der Waals surface area contributed by atoms with Gasteiger partial charge in [0, 0.05) is 6.54 Å². The number of hydrogen-bond donors (Lipinski definition) is 0. The van der Waals surface area contributed by atoms with Gasteiger partial charge in [0.05, 0.1) is 13.4 Å². The van der Waals surface area contributed by atoms with E-state index in [0.717, 1.165) is 21.5 Å². The second-order valence-corrected chi connectivity index (χ2v) is 9.27. The molecule has 0 atom stereocenters. The predicted octanol–water partition coefficient (Wildman–Crippen LogP) is 5.28. The highest BCUT2D eigenvalue weighted by atomic mass is 79.9. The summed E-state index contributed by atoms with van der Waals surface area (Å²) in [7, 11) is 3.99. The van der Waals surface area contributed by atoms with Crippen LogP contribution < -0.4 is 4.90 Å². The number of nitrogens with zero attached hydrogens (tertiary/aromatic N) is 3. The third-order valence-electron chi connectivity index (χ3n) is 3.61. The highest BCUT2D eigenvalue weighted by Gasteiger charge is 2.23. The molecule has 1 aromatic carbocycles. The summed E-state index contributed by atoms with van der Waals surface area (Å²) < 4.78 is 15.6. The summed E-state index contributed by atoms with van der Waals surface area (Å²) in [4.78, 5) is 21.7. The number of anilines is 1. The molecular weight excluding hydrogens is 461 g/mol. The molecule has 0 fully saturated rings. The molecular formula is C17H18BrClFN3OS2.